The van der Waals surface area contributed by atoms with Crippen LogP contribution in [-0.2, 0) is 14.3 Å². The lowest BCUT2D eigenvalue weighted by molar-refractivity contribution is -0.143. The fourth-order valence-electron chi connectivity index (χ4n) is 2.13. The summed E-state index contributed by atoms with van der Waals surface area (Å²) in [6.45, 7) is -0.564. The molecule has 2 N–H and O–H groups in total. The Hall–Kier alpha value is -3.52. The molecule has 0 saturated carbocycles. The second kappa shape index (κ2) is 8.72. The monoisotopic (exact) mass is 381 g/mol. The number of ether oxygens (including phenoxy) is 1. The number of hydrogen-bond donors (Lipinski definition) is 2. The Balaban J connectivity index is 1.44. The van der Waals surface area contributed by atoms with E-state index >= 15 is 0 Å². The molecule has 3 amide bonds. The Morgan fingerprint density at radius 2 is 1.78 bits per heavy atom. The lowest BCUT2D eigenvalue weighted by Crippen LogP contribution is -2.37. The number of hydrogen-bond acceptors (Lipinski definition) is 6. The van der Waals surface area contributed by atoms with Crippen molar-refractivity contribution in [1.29, 1.82) is 0 Å². The molecule has 0 aliphatic rings. The second-order valence-electron chi connectivity index (χ2n) is 5.33. The maximum absolute atomic E-state index is 11.7. The van der Waals surface area contributed by atoms with Crippen molar-refractivity contribution < 1.29 is 19.1 Å². The number of benzene rings is 2. The maximum Gasteiger partial charge on any atom is 0.331 e. The zero-order valence-electron chi connectivity index (χ0n) is 14.0. The Kier molecular flexibility index (Phi) is 5.91. The van der Waals surface area contributed by atoms with Gasteiger partial charge >= 0.3 is 12.0 Å². The average molecular weight is 381 g/mol. The van der Waals surface area contributed by atoms with E-state index in [4.69, 9.17) is 4.74 Å². The highest BCUT2D eigenvalue weighted by Crippen LogP contribution is 2.22. The van der Waals surface area contributed by atoms with Gasteiger partial charge in [0.05, 0.1) is 10.2 Å². The Morgan fingerprint density at radius 1 is 1.04 bits per heavy atom. The molecule has 0 bridgehead atoms. The molecular weight excluding hydrogens is 366 g/mol. The van der Waals surface area contributed by atoms with Gasteiger partial charge in [0.25, 0.3) is 5.91 Å². The van der Waals surface area contributed by atoms with Crippen LogP contribution >= 0.6 is 11.3 Å². The fraction of sp³-hybridized carbons (Fsp3) is 0.0526. The number of urea groups is 1. The number of rotatable bonds is 5. The maximum atomic E-state index is 11.7. The molecule has 0 aliphatic carbocycles. The van der Waals surface area contributed by atoms with Crippen molar-refractivity contribution >= 4 is 51.2 Å². The lowest BCUT2D eigenvalue weighted by atomic mass is 10.3. The zero-order chi connectivity index (χ0) is 19.1. The summed E-state index contributed by atoms with van der Waals surface area (Å²) >= 11 is 1.44. The number of anilines is 1. The Morgan fingerprint density at radius 3 is 2.56 bits per heavy atom. The molecule has 0 spiro atoms. The van der Waals surface area contributed by atoms with Crippen LogP contribution in [0.2, 0.25) is 0 Å². The van der Waals surface area contributed by atoms with Gasteiger partial charge in [-0.25, -0.2) is 14.6 Å². The summed E-state index contributed by atoms with van der Waals surface area (Å²) in [5, 5.41) is 5.21. The minimum absolute atomic E-state index is 0.540. The van der Waals surface area contributed by atoms with Crippen molar-refractivity contribution in [3.05, 3.63) is 65.7 Å². The van der Waals surface area contributed by atoms with E-state index in [-0.39, 0.29) is 0 Å². The van der Waals surface area contributed by atoms with Crippen LogP contribution < -0.4 is 10.6 Å². The summed E-state index contributed by atoms with van der Waals surface area (Å²) < 4.78 is 5.82. The van der Waals surface area contributed by atoms with Crippen LogP contribution in [-0.4, -0.2) is 29.5 Å². The van der Waals surface area contributed by atoms with E-state index in [9.17, 15) is 14.4 Å². The largest absolute Gasteiger partial charge is 0.452 e. The van der Waals surface area contributed by atoms with Gasteiger partial charge in [-0.15, -0.1) is 11.3 Å². The number of fused-ring (bicyclic) bond motifs is 1. The number of para-hydroxylation sites is 2. The summed E-state index contributed by atoms with van der Waals surface area (Å²) in [4.78, 5) is 39.4. The number of carbonyl (C=O) groups is 3. The van der Waals surface area contributed by atoms with E-state index in [0.717, 1.165) is 10.2 Å². The van der Waals surface area contributed by atoms with Gasteiger partial charge in [-0.05, 0) is 30.3 Å². The van der Waals surface area contributed by atoms with Crippen LogP contribution in [0.1, 0.15) is 5.01 Å². The van der Waals surface area contributed by atoms with Gasteiger partial charge in [0, 0.05) is 11.8 Å². The normalized spacial score (nSPS) is 10.7. The minimum atomic E-state index is -0.731. The van der Waals surface area contributed by atoms with Crippen molar-refractivity contribution in [2.75, 3.05) is 11.9 Å². The Labute approximate surface area is 158 Å². The number of thiazole rings is 1. The molecule has 1 heterocycles. The molecule has 0 aliphatic heterocycles. The quantitative estimate of drug-likeness (QED) is 0.522. The first-order chi connectivity index (χ1) is 13.1. The molecular formula is C19H15N3O4S. The number of carbonyl (C=O) groups excluding carboxylic acids is 3. The van der Waals surface area contributed by atoms with Crippen LogP contribution in [0.15, 0.2) is 60.7 Å². The molecule has 0 fully saturated rings. The van der Waals surface area contributed by atoms with Crippen molar-refractivity contribution in [2.24, 2.45) is 0 Å². The first-order valence-corrected chi connectivity index (χ1v) is 8.78. The molecule has 8 heteroatoms. The van der Waals surface area contributed by atoms with Crippen molar-refractivity contribution in [2.45, 2.75) is 0 Å². The van der Waals surface area contributed by atoms with Crippen LogP contribution in [0.25, 0.3) is 16.3 Å². The highest BCUT2D eigenvalue weighted by atomic mass is 32.1. The third kappa shape index (κ3) is 5.48. The smallest absolute Gasteiger partial charge is 0.331 e. The molecule has 0 radical (unpaired) electrons. The van der Waals surface area contributed by atoms with Gasteiger partial charge in [0.15, 0.2) is 6.61 Å². The van der Waals surface area contributed by atoms with Crippen LogP contribution in [0, 0.1) is 0 Å². The Bertz CT molecular complexity index is 965. The van der Waals surface area contributed by atoms with Crippen LogP contribution in [0.4, 0.5) is 10.5 Å². The first kappa shape index (κ1) is 18.3. The highest BCUT2D eigenvalue weighted by molar-refractivity contribution is 7.19. The zero-order valence-corrected chi connectivity index (χ0v) is 14.9. The van der Waals surface area contributed by atoms with E-state index in [1.165, 1.54) is 23.5 Å². The van der Waals surface area contributed by atoms with Gasteiger partial charge < -0.3 is 10.1 Å². The van der Waals surface area contributed by atoms with Crippen molar-refractivity contribution in [1.82, 2.24) is 10.3 Å². The van der Waals surface area contributed by atoms with E-state index in [1.54, 1.807) is 30.3 Å². The summed E-state index contributed by atoms with van der Waals surface area (Å²) in [7, 11) is 0. The number of imide groups is 1. The highest BCUT2D eigenvalue weighted by Gasteiger charge is 2.10. The number of amides is 3. The summed E-state index contributed by atoms with van der Waals surface area (Å²) in [6, 6.07) is 15.6. The van der Waals surface area contributed by atoms with E-state index in [1.807, 2.05) is 24.3 Å². The topological polar surface area (TPSA) is 97.4 Å². The number of esters is 1. The molecule has 3 rings (SSSR count). The van der Waals surface area contributed by atoms with Gasteiger partial charge in [-0.2, -0.15) is 0 Å². The molecule has 27 heavy (non-hydrogen) atoms. The lowest BCUT2D eigenvalue weighted by Gasteiger charge is -2.06. The van der Waals surface area contributed by atoms with Gasteiger partial charge in [0.1, 0.15) is 5.01 Å². The number of aromatic nitrogens is 1. The number of nitrogens with one attached hydrogen (secondary N) is 2. The molecule has 7 nitrogen and oxygen atoms in total. The van der Waals surface area contributed by atoms with Gasteiger partial charge in [-0.3, -0.25) is 10.1 Å². The molecule has 0 unspecified atom stereocenters. The van der Waals surface area contributed by atoms with E-state index in [0.29, 0.717) is 10.7 Å². The van der Waals surface area contributed by atoms with Crippen LogP contribution in [0.5, 0.6) is 0 Å². The number of nitrogens with zero attached hydrogens (tertiary/aromatic N) is 1. The van der Waals surface area contributed by atoms with E-state index in [2.05, 4.69) is 15.6 Å². The fourth-order valence-corrected chi connectivity index (χ4v) is 3.00. The van der Waals surface area contributed by atoms with Crippen molar-refractivity contribution in [3.63, 3.8) is 0 Å². The predicted octanol–water partition coefficient (Wildman–Crippen LogP) is 3.20. The van der Waals surface area contributed by atoms with E-state index < -0.39 is 24.5 Å². The third-order valence-corrected chi connectivity index (χ3v) is 4.30. The molecule has 0 saturated heterocycles. The SMILES string of the molecule is O=C(COC(=O)/C=C/c1nc2ccccc2s1)NC(=O)Nc1ccccc1. The summed E-state index contributed by atoms with van der Waals surface area (Å²) in [5.74, 6) is -1.43. The molecule has 3 aromatic rings. The average Bonchev–Trinajstić information content (AvgIpc) is 3.08. The predicted molar refractivity (Wildman–Crippen MR) is 103 cm³/mol. The summed E-state index contributed by atoms with van der Waals surface area (Å²) in [6.07, 6.45) is 2.71. The van der Waals surface area contributed by atoms with Crippen LogP contribution in [0.3, 0.4) is 0 Å². The first-order valence-electron chi connectivity index (χ1n) is 7.96. The molecule has 136 valence electrons. The second-order valence-corrected chi connectivity index (χ2v) is 6.39. The third-order valence-electron chi connectivity index (χ3n) is 3.30. The summed E-state index contributed by atoms with van der Waals surface area (Å²) in [5.41, 5.74) is 1.39. The van der Waals surface area contributed by atoms with Crippen molar-refractivity contribution in [3.8, 4) is 0 Å². The van der Waals surface area contributed by atoms with Gasteiger partial charge in [0.2, 0.25) is 0 Å². The minimum Gasteiger partial charge on any atom is -0.452 e. The van der Waals surface area contributed by atoms with Gasteiger partial charge in [-0.1, -0.05) is 30.3 Å². The molecule has 2 aromatic carbocycles. The molecule has 1 aromatic heterocycles. The standard InChI is InChI=1S/C19H15N3O4S/c23-16(22-19(25)20-13-6-2-1-3-7-13)12-26-18(24)11-10-17-21-14-8-4-5-9-15(14)27-17/h1-11H,12H2,(H2,20,22,23,25)/b11-10+. The molecule has 0 atom stereocenters.